The Morgan fingerprint density at radius 1 is 1.20 bits per heavy atom. The molecule has 2 aromatic rings. The highest BCUT2D eigenvalue weighted by Crippen LogP contribution is 2.45. The van der Waals surface area contributed by atoms with Crippen LogP contribution in [0.2, 0.25) is 0 Å². The molecule has 1 saturated heterocycles. The minimum atomic E-state index is -0.164. The van der Waals surface area contributed by atoms with Crippen LogP contribution in [0.1, 0.15) is 40.4 Å². The van der Waals surface area contributed by atoms with Crippen LogP contribution in [-0.4, -0.2) is 40.3 Å². The first-order chi connectivity index (χ1) is 12.1. The van der Waals surface area contributed by atoms with E-state index in [9.17, 15) is 9.59 Å². The number of pyridine rings is 1. The largest absolute Gasteiger partial charge is 0.347 e. The van der Waals surface area contributed by atoms with E-state index in [0.717, 1.165) is 12.1 Å². The predicted octanol–water partition coefficient (Wildman–Crippen LogP) is 2.28. The number of hydrogen-bond acceptors (Lipinski definition) is 3. The molecule has 2 amide bonds. The monoisotopic (exact) mass is 335 g/mol. The van der Waals surface area contributed by atoms with E-state index in [1.807, 2.05) is 36.1 Å². The van der Waals surface area contributed by atoms with Gasteiger partial charge >= 0.3 is 0 Å². The molecule has 0 spiro atoms. The molecular weight excluding hydrogens is 314 g/mol. The molecule has 0 unspecified atom stereocenters. The van der Waals surface area contributed by atoms with Gasteiger partial charge in [-0.3, -0.25) is 14.6 Å². The molecule has 1 saturated carbocycles. The molecule has 1 N–H and O–H groups in total. The molecule has 5 heteroatoms. The summed E-state index contributed by atoms with van der Waals surface area (Å²) in [6, 6.07) is 14.0. The van der Waals surface area contributed by atoms with Crippen molar-refractivity contribution in [2.45, 2.75) is 37.8 Å². The summed E-state index contributed by atoms with van der Waals surface area (Å²) < 4.78 is 0. The maximum atomic E-state index is 12.4. The van der Waals surface area contributed by atoms with Crippen LogP contribution in [0, 0.1) is 6.92 Å². The molecule has 0 bridgehead atoms. The van der Waals surface area contributed by atoms with E-state index in [1.54, 1.807) is 12.3 Å². The Bertz CT molecular complexity index is 788. The van der Waals surface area contributed by atoms with Gasteiger partial charge < -0.3 is 10.2 Å². The van der Waals surface area contributed by atoms with Gasteiger partial charge in [0, 0.05) is 36.8 Å². The van der Waals surface area contributed by atoms with Gasteiger partial charge in [0.1, 0.15) is 0 Å². The zero-order valence-corrected chi connectivity index (χ0v) is 14.2. The number of benzene rings is 1. The second kappa shape index (κ2) is 6.31. The Morgan fingerprint density at radius 2 is 2.00 bits per heavy atom. The Kier molecular flexibility index (Phi) is 3.99. The van der Waals surface area contributed by atoms with Crippen LogP contribution in [0.5, 0.6) is 0 Å². The van der Waals surface area contributed by atoms with Crippen molar-refractivity contribution in [3.05, 3.63) is 65.5 Å². The van der Waals surface area contributed by atoms with Crippen LogP contribution in [0.3, 0.4) is 0 Å². The van der Waals surface area contributed by atoms with Crippen molar-refractivity contribution < 1.29 is 9.59 Å². The van der Waals surface area contributed by atoms with E-state index in [2.05, 4.69) is 22.4 Å². The summed E-state index contributed by atoms with van der Waals surface area (Å²) in [5, 5.41) is 2.97. The van der Waals surface area contributed by atoms with Crippen molar-refractivity contribution in [3.63, 3.8) is 0 Å². The fourth-order valence-electron chi connectivity index (χ4n) is 3.60. The lowest BCUT2D eigenvalue weighted by Crippen LogP contribution is -2.37. The summed E-state index contributed by atoms with van der Waals surface area (Å²) in [4.78, 5) is 30.8. The molecule has 2 fully saturated rings. The van der Waals surface area contributed by atoms with Gasteiger partial charge in [0.15, 0.2) is 0 Å². The van der Waals surface area contributed by atoms with E-state index in [-0.39, 0.29) is 23.9 Å². The highest BCUT2D eigenvalue weighted by molar-refractivity contribution is 5.94. The van der Waals surface area contributed by atoms with E-state index in [1.165, 1.54) is 5.56 Å². The summed E-state index contributed by atoms with van der Waals surface area (Å²) in [6.07, 6.45) is 2.97. The number of nitrogens with one attached hydrogen (secondary N) is 1. The van der Waals surface area contributed by atoms with Crippen LogP contribution in [0.25, 0.3) is 0 Å². The summed E-state index contributed by atoms with van der Waals surface area (Å²) >= 11 is 0. The number of carbonyl (C=O) groups is 2. The third-order valence-corrected chi connectivity index (χ3v) is 5.05. The SMILES string of the molecule is Cc1ccc(C(=O)N[C@@H]2CC(=O)N([C@H]3C[C@@H]3c3ccccc3)C2)cn1. The lowest BCUT2D eigenvalue weighted by Gasteiger charge is -2.17. The van der Waals surface area contributed by atoms with Gasteiger partial charge in [0.25, 0.3) is 5.91 Å². The molecule has 25 heavy (non-hydrogen) atoms. The molecule has 1 aromatic heterocycles. The van der Waals surface area contributed by atoms with Crippen molar-refractivity contribution in [2.75, 3.05) is 6.54 Å². The van der Waals surface area contributed by atoms with Crippen molar-refractivity contribution in [1.29, 1.82) is 0 Å². The minimum absolute atomic E-state index is 0.127. The summed E-state index contributed by atoms with van der Waals surface area (Å²) in [5.74, 6) is 0.402. The zero-order valence-electron chi connectivity index (χ0n) is 14.2. The number of amides is 2. The second-order valence-corrected chi connectivity index (χ2v) is 6.93. The van der Waals surface area contributed by atoms with Gasteiger partial charge in [0.05, 0.1) is 11.6 Å². The average Bonchev–Trinajstić information content (AvgIpc) is 3.33. The van der Waals surface area contributed by atoms with Crippen LogP contribution < -0.4 is 5.32 Å². The summed E-state index contributed by atoms with van der Waals surface area (Å²) in [5.41, 5.74) is 2.70. The molecule has 5 nitrogen and oxygen atoms in total. The van der Waals surface area contributed by atoms with E-state index in [0.29, 0.717) is 24.4 Å². The average molecular weight is 335 g/mol. The predicted molar refractivity (Wildman–Crippen MR) is 94.1 cm³/mol. The first-order valence-corrected chi connectivity index (χ1v) is 8.70. The molecular formula is C20H21N3O2. The molecule has 0 radical (unpaired) electrons. The van der Waals surface area contributed by atoms with Crippen molar-refractivity contribution in [2.24, 2.45) is 0 Å². The maximum absolute atomic E-state index is 12.4. The standard InChI is InChI=1S/C20H21N3O2/c1-13-7-8-15(11-21-13)20(25)22-16-9-19(24)23(12-16)18-10-17(18)14-5-3-2-4-6-14/h2-8,11,16-18H,9-10,12H2,1H3,(H,22,25)/t16-,17-,18+/m1/s1. The van der Waals surface area contributed by atoms with Crippen molar-refractivity contribution >= 4 is 11.8 Å². The normalized spacial score (nSPS) is 25.1. The van der Waals surface area contributed by atoms with E-state index < -0.39 is 0 Å². The highest BCUT2D eigenvalue weighted by atomic mass is 16.2. The van der Waals surface area contributed by atoms with Crippen LogP contribution in [0.15, 0.2) is 48.7 Å². The lowest BCUT2D eigenvalue weighted by atomic mass is 10.1. The molecule has 2 heterocycles. The van der Waals surface area contributed by atoms with Gasteiger partial charge in [-0.2, -0.15) is 0 Å². The quantitative estimate of drug-likeness (QED) is 0.932. The Hall–Kier alpha value is -2.69. The number of aryl methyl sites for hydroxylation is 1. The zero-order chi connectivity index (χ0) is 17.4. The van der Waals surface area contributed by atoms with Gasteiger partial charge in [-0.25, -0.2) is 0 Å². The summed E-state index contributed by atoms with van der Waals surface area (Å²) in [7, 11) is 0. The lowest BCUT2D eigenvalue weighted by molar-refractivity contribution is -0.128. The third-order valence-electron chi connectivity index (χ3n) is 5.05. The first-order valence-electron chi connectivity index (χ1n) is 8.70. The van der Waals surface area contributed by atoms with Crippen molar-refractivity contribution in [3.8, 4) is 0 Å². The topological polar surface area (TPSA) is 62.3 Å². The molecule has 2 aliphatic rings. The van der Waals surface area contributed by atoms with Gasteiger partial charge in [-0.15, -0.1) is 0 Å². The molecule has 128 valence electrons. The summed E-state index contributed by atoms with van der Waals surface area (Å²) in [6.45, 7) is 2.48. The Morgan fingerprint density at radius 3 is 2.72 bits per heavy atom. The number of likely N-dealkylation sites (tertiary alicyclic amines) is 1. The third kappa shape index (κ3) is 3.27. The van der Waals surface area contributed by atoms with Gasteiger partial charge in [-0.05, 0) is 31.0 Å². The van der Waals surface area contributed by atoms with Crippen LogP contribution in [0.4, 0.5) is 0 Å². The number of hydrogen-bond donors (Lipinski definition) is 1. The number of aromatic nitrogens is 1. The Labute approximate surface area is 147 Å². The van der Waals surface area contributed by atoms with Crippen LogP contribution in [-0.2, 0) is 4.79 Å². The fourth-order valence-corrected chi connectivity index (χ4v) is 3.60. The molecule has 1 aliphatic heterocycles. The van der Waals surface area contributed by atoms with E-state index >= 15 is 0 Å². The molecule has 1 aromatic carbocycles. The maximum Gasteiger partial charge on any atom is 0.253 e. The van der Waals surface area contributed by atoms with Crippen molar-refractivity contribution in [1.82, 2.24) is 15.2 Å². The molecule has 3 atom stereocenters. The molecule has 1 aliphatic carbocycles. The van der Waals surface area contributed by atoms with Gasteiger partial charge in [0.2, 0.25) is 5.91 Å². The number of nitrogens with zero attached hydrogens (tertiary/aromatic N) is 2. The highest BCUT2D eigenvalue weighted by Gasteiger charge is 2.47. The van der Waals surface area contributed by atoms with Gasteiger partial charge in [-0.1, -0.05) is 30.3 Å². The fraction of sp³-hybridized carbons (Fsp3) is 0.350. The van der Waals surface area contributed by atoms with Crippen LogP contribution >= 0.6 is 0 Å². The van der Waals surface area contributed by atoms with E-state index in [4.69, 9.17) is 0 Å². The minimum Gasteiger partial charge on any atom is -0.347 e. The number of carbonyl (C=O) groups excluding carboxylic acids is 2. The smallest absolute Gasteiger partial charge is 0.253 e. The Balaban J connectivity index is 1.36. The number of rotatable bonds is 4. The first kappa shape index (κ1) is 15.8. The second-order valence-electron chi connectivity index (χ2n) is 6.93. The molecule has 4 rings (SSSR count).